The van der Waals surface area contributed by atoms with Crippen LogP contribution in [0.1, 0.15) is 0 Å². The smallest absolute Gasteiger partial charge is 0.822 e. The Hall–Kier alpha value is 1.78. The van der Waals surface area contributed by atoms with Gasteiger partial charge in [0.05, 0.1) is 0 Å². The monoisotopic (exact) mass is 430 g/mol. The Balaban J connectivity index is -0.0000000267. The second-order valence-electron chi connectivity index (χ2n) is 0.894. The van der Waals surface area contributed by atoms with Gasteiger partial charge in [-0.05, 0) is 0 Å². The van der Waals surface area contributed by atoms with Crippen LogP contribution in [0.25, 0.3) is 0 Å². The van der Waals surface area contributed by atoms with E-state index in [1.165, 1.54) is 0 Å². The molecule has 13 heavy (non-hydrogen) atoms. The molecule has 0 unspecified atom stereocenters. The van der Waals surface area contributed by atoms with Crippen LogP contribution >= 0.6 is 15.6 Å². The summed E-state index contributed by atoms with van der Waals surface area (Å²) in [6.07, 6.45) is 0. The third-order valence-corrected chi connectivity index (χ3v) is 0. The predicted molar refractivity (Wildman–Crippen MR) is 32.5 cm³/mol. The van der Waals surface area contributed by atoms with Crippen LogP contribution in [-0.4, -0.2) is 51.2 Å². The minimum Gasteiger partial charge on any atom is -0.822 e. The van der Waals surface area contributed by atoms with Crippen molar-refractivity contribution >= 4 is 66.9 Å². The first-order chi connectivity index (χ1) is 4.00. The predicted octanol–water partition coefficient (Wildman–Crippen LogP) is -6.79. The first-order valence-corrected chi connectivity index (χ1v) is 4.38. The van der Waals surface area contributed by atoms with E-state index in [1.54, 1.807) is 0 Å². The molecule has 0 aromatic rings. The first kappa shape index (κ1) is 29.3. The van der Waals surface area contributed by atoms with Crippen molar-refractivity contribution in [2.45, 2.75) is 0 Å². The van der Waals surface area contributed by atoms with Crippen molar-refractivity contribution in [2.75, 3.05) is 0 Å². The van der Waals surface area contributed by atoms with Gasteiger partial charge >= 0.3 is 51.2 Å². The zero-order chi connectivity index (χ0) is 9.00. The van der Waals surface area contributed by atoms with E-state index < -0.39 is 15.6 Å². The van der Waals surface area contributed by atoms with Gasteiger partial charge in [-0.2, -0.15) is 15.6 Å². The molecule has 8 nitrogen and oxygen atoms in total. The Bertz CT molecular complexity index is 130. The molecule has 0 aliphatic rings. The molecular formula is O8P2Se3. The largest absolute Gasteiger partial charge is 2.00 e. The van der Waals surface area contributed by atoms with Crippen LogP contribution in [-0.2, 0) is 9.13 Å². The Morgan fingerprint density at radius 2 is 0.538 bits per heavy atom. The maximum absolute atomic E-state index is 8.55. The zero-order valence-corrected chi connectivity index (χ0v) is 12.3. The van der Waals surface area contributed by atoms with Crippen molar-refractivity contribution in [1.29, 1.82) is 0 Å². The van der Waals surface area contributed by atoms with Gasteiger partial charge < -0.3 is 38.5 Å². The molecule has 12 radical (unpaired) electrons. The van der Waals surface area contributed by atoms with E-state index in [4.69, 9.17) is 38.5 Å². The van der Waals surface area contributed by atoms with Crippen molar-refractivity contribution in [3.05, 3.63) is 0 Å². The number of phosphoric acid groups is 2. The Morgan fingerprint density at radius 3 is 0.538 bits per heavy atom. The van der Waals surface area contributed by atoms with Crippen molar-refractivity contribution in [3.8, 4) is 0 Å². The summed E-state index contributed by atoms with van der Waals surface area (Å²) in [5.74, 6) is 0. The number of hydrogen-bond acceptors (Lipinski definition) is 8. The molecule has 0 heterocycles. The van der Waals surface area contributed by atoms with Crippen LogP contribution in [0.3, 0.4) is 0 Å². The van der Waals surface area contributed by atoms with Gasteiger partial charge in [0, 0.05) is 0 Å². The molecule has 0 aliphatic carbocycles. The average Bonchev–Trinajstić information content (AvgIpc) is 1.12. The summed E-state index contributed by atoms with van der Waals surface area (Å²) in [5.41, 5.74) is 0. The summed E-state index contributed by atoms with van der Waals surface area (Å²) in [6.45, 7) is 0. The maximum atomic E-state index is 8.55. The average molecular weight is 427 g/mol. The zero-order valence-electron chi connectivity index (χ0n) is 5.39. The van der Waals surface area contributed by atoms with E-state index >= 15 is 0 Å². The van der Waals surface area contributed by atoms with Gasteiger partial charge in [-0.1, -0.05) is 0 Å². The van der Waals surface area contributed by atoms with Gasteiger partial charge in [0.2, 0.25) is 0 Å². The van der Waals surface area contributed by atoms with E-state index in [-0.39, 0.29) is 51.2 Å². The van der Waals surface area contributed by atoms with Crippen LogP contribution in [0.4, 0.5) is 0 Å². The van der Waals surface area contributed by atoms with Gasteiger partial charge in [0.25, 0.3) is 0 Å². The Labute approximate surface area is 105 Å². The molecule has 0 aromatic heterocycles. The van der Waals surface area contributed by atoms with Crippen LogP contribution in [0.5, 0.6) is 0 Å². The molecule has 0 atom stereocenters. The van der Waals surface area contributed by atoms with Gasteiger partial charge in [-0.25, -0.2) is 0 Å². The van der Waals surface area contributed by atoms with E-state index in [9.17, 15) is 0 Å². The summed E-state index contributed by atoms with van der Waals surface area (Å²) in [6, 6.07) is 0. The molecule has 0 fully saturated rings. The summed E-state index contributed by atoms with van der Waals surface area (Å²) < 4.78 is 17.1. The van der Waals surface area contributed by atoms with E-state index in [0.29, 0.717) is 0 Å². The molecule has 0 aromatic carbocycles. The van der Waals surface area contributed by atoms with Crippen molar-refractivity contribution in [2.24, 2.45) is 0 Å². The topological polar surface area (TPSA) is 172 Å². The van der Waals surface area contributed by atoms with Crippen LogP contribution in [0.15, 0.2) is 0 Å². The fraction of sp³-hybridized carbons (Fsp3) is 0. The van der Waals surface area contributed by atoms with Crippen LogP contribution in [0.2, 0.25) is 0 Å². The summed E-state index contributed by atoms with van der Waals surface area (Å²) in [4.78, 5) is 51.3. The molecule has 0 bridgehead atoms. The van der Waals surface area contributed by atoms with E-state index in [1.807, 2.05) is 0 Å². The van der Waals surface area contributed by atoms with Gasteiger partial charge in [0.15, 0.2) is 0 Å². The molecule has 0 saturated heterocycles. The van der Waals surface area contributed by atoms with Crippen LogP contribution < -0.4 is 29.4 Å². The molecule has 0 spiro atoms. The Morgan fingerprint density at radius 1 is 0.538 bits per heavy atom. The SMILES string of the molecule is O=P([O-])([O-])[O-].O=P([O-])([O-])[O-].[Se+2].[Se+2].[Se+2]. The molecule has 13 heteroatoms. The second kappa shape index (κ2) is 11.9. The molecular weight excluding hydrogens is 427 g/mol. The third kappa shape index (κ3) is 604. The van der Waals surface area contributed by atoms with Gasteiger partial charge in [0.1, 0.15) is 0 Å². The molecule has 0 rings (SSSR count). The summed E-state index contributed by atoms with van der Waals surface area (Å²) >= 11 is 0. The van der Waals surface area contributed by atoms with Crippen molar-refractivity contribution < 1.29 is 38.5 Å². The number of hydrogen-bond donors (Lipinski definition) is 0. The molecule has 0 aliphatic heterocycles. The first-order valence-electron chi connectivity index (χ1n) is 1.46. The minimum atomic E-state index is -5.39. The number of rotatable bonds is 0. The minimum absolute atomic E-state index is 0. The van der Waals surface area contributed by atoms with E-state index in [2.05, 4.69) is 0 Å². The summed E-state index contributed by atoms with van der Waals surface area (Å²) in [5, 5.41) is 0. The van der Waals surface area contributed by atoms with Crippen LogP contribution in [0, 0.1) is 0 Å². The molecule has 0 saturated carbocycles. The molecule has 0 N–H and O–H groups in total. The van der Waals surface area contributed by atoms with Gasteiger partial charge in [-0.3, -0.25) is 0 Å². The normalized spacial score (nSPS) is 9.08. The third-order valence-electron chi connectivity index (χ3n) is 0. The van der Waals surface area contributed by atoms with Gasteiger partial charge in [-0.15, -0.1) is 0 Å². The molecule has 0 amide bonds. The van der Waals surface area contributed by atoms with Crippen molar-refractivity contribution in [3.63, 3.8) is 0 Å². The molecule has 76 valence electrons. The fourth-order valence-electron chi connectivity index (χ4n) is 0. The maximum Gasteiger partial charge on any atom is 2.00 e. The quantitative estimate of drug-likeness (QED) is 0.271. The Kier molecular flexibility index (Phi) is 26.7. The summed E-state index contributed by atoms with van der Waals surface area (Å²) in [7, 11) is -10.8. The standard InChI is InChI=1S/2H3O4P.3Se/c2*1-5(2,3)4;;;/h2*(H3,1,2,3,4);;;/q;;3*+2/p-6. The second-order valence-corrected chi connectivity index (χ2v) is 2.68. The fourth-order valence-corrected chi connectivity index (χ4v) is 0. The van der Waals surface area contributed by atoms with E-state index in [0.717, 1.165) is 0 Å². The van der Waals surface area contributed by atoms with Crippen molar-refractivity contribution in [1.82, 2.24) is 0 Å².